The van der Waals surface area contributed by atoms with Crippen molar-refractivity contribution in [2.75, 3.05) is 25.7 Å². The predicted molar refractivity (Wildman–Crippen MR) is 70.3 cm³/mol. The van der Waals surface area contributed by atoms with Gasteiger partial charge in [0.25, 0.3) is 0 Å². The first-order valence-corrected chi connectivity index (χ1v) is 9.18. The SMILES string of the molecule is CC(C)[P@@](C)CC[P@](C)C(C)(C)C. The highest BCUT2D eigenvalue weighted by atomic mass is 31.1. The lowest BCUT2D eigenvalue weighted by molar-refractivity contribution is 0.784. The molecule has 0 amide bonds. The van der Waals surface area contributed by atoms with Gasteiger partial charge in [0.15, 0.2) is 0 Å². The zero-order valence-electron chi connectivity index (χ0n) is 10.4. The van der Waals surface area contributed by atoms with Crippen LogP contribution in [0.4, 0.5) is 0 Å². The van der Waals surface area contributed by atoms with Gasteiger partial charge in [-0.05, 0) is 36.5 Å². The van der Waals surface area contributed by atoms with Crippen molar-refractivity contribution in [3.8, 4) is 0 Å². The Balaban J connectivity index is 3.77. The molecule has 0 N–H and O–H groups in total. The molecule has 0 aromatic rings. The zero-order valence-corrected chi connectivity index (χ0v) is 12.2. The van der Waals surface area contributed by atoms with Gasteiger partial charge in [-0.15, -0.1) is 15.8 Å². The molecule has 80 valence electrons. The van der Waals surface area contributed by atoms with Gasteiger partial charge in [0.1, 0.15) is 0 Å². The van der Waals surface area contributed by atoms with Crippen LogP contribution < -0.4 is 0 Å². The molecule has 0 nitrogen and oxygen atoms in total. The summed E-state index contributed by atoms with van der Waals surface area (Å²) in [5.41, 5.74) is 0.915. The van der Waals surface area contributed by atoms with E-state index in [0.29, 0.717) is 13.1 Å². The fourth-order valence-electron chi connectivity index (χ4n) is 0.901. The van der Waals surface area contributed by atoms with E-state index in [1.54, 1.807) is 0 Å². The number of hydrogen-bond donors (Lipinski definition) is 0. The third kappa shape index (κ3) is 6.03. The maximum absolute atomic E-state index is 2.46. The van der Waals surface area contributed by atoms with Gasteiger partial charge >= 0.3 is 0 Å². The summed E-state index contributed by atoms with van der Waals surface area (Å²) in [7, 11) is 0.534. The first kappa shape index (κ1) is 13.9. The fourth-order valence-corrected chi connectivity index (χ4v) is 4.55. The molecule has 0 aromatic carbocycles. The van der Waals surface area contributed by atoms with Crippen molar-refractivity contribution in [2.24, 2.45) is 0 Å². The van der Waals surface area contributed by atoms with Crippen molar-refractivity contribution in [1.29, 1.82) is 0 Å². The second-order valence-electron chi connectivity index (χ2n) is 5.17. The van der Waals surface area contributed by atoms with E-state index >= 15 is 0 Å². The molecule has 0 radical (unpaired) electrons. The molecular formula is C11H26P2. The van der Waals surface area contributed by atoms with Crippen LogP contribution in [0.2, 0.25) is 0 Å². The summed E-state index contributed by atoms with van der Waals surface area (Å²) in [5.74, 6) is 0. The van der Waals surface area contributed by atoms with Gasteiger partial charge in [-0.2, -0.15) is 0 Å². The van der Waals surface area contributed by atoms with Crippen molar-refractivity contribution in [1.82, 2.24) is 0 Å². The molecule has 0 aliphatic heterocycles. The van der Waals surface area contributed by atoms with E-state index in [1.807, 2.05) is 0 Å². The number of hydrogen-bond acceptors (Lipinski definition) is 0. The first-order chi connectivity index (χ1) is 5.75. The summed E-state index contributed by atoms with van der Waals surface area (Å²) in [6.07, 6.45) is 2.95. The molecule has 0 saturated heterocycles. The third-order valence-electron chi connectivity index (χ3n) is 2.81. The highest BCUT2D eigenvalue weighted by Crippen LogP contribution is 2.49. The molecule has 2 heteroatoms. The Morgan fingerprint density at radius 1 is 1.00 bits per heavy atom. The van der Waals surface area contributed by atoms with Crippen LogP contribution in [-0.2, 0) is 0 Å². The molecule has 0 aliphatic rings. The van der Waals surface area contributed by atoms with E-state index in [2.05, 4.69) is 47.9 Å². The van der Waals surface area contributed by atoms with Crippen LogP contribution in [-0.4, -0.2) is 36.5 Å². The van der Waals surface area contributed by atoms with Crippen LogP contribution >= 0.6 is 15.8 Å². The van der Waals surface area contributed by atoms with Crippen molar-refractivity contribution in [3.05, 3.63) is 0 Å². The first-order valence-electron chi connectivity index (χ1n) is 5.16. The molecule has 0 saturated carbocycles. The van der Waals surface area contributed by atoms with Crippen LogP contribution in [0, 0.1) is 0 Å². The summed E-state index contributed by atoms with van der Waals surface area (Å²) in [4.78, 5) is 0. The quantitative estimate of drug-likeness (QED) is 0.615. The lowest BCUT2D eigenvalue weighted by atomic mass is 10.3. The third-order valence-corrected chi connectivity index (χ3v) is 9.04. The Morgan fingerprint density at radius 3 is 1.77 bits per heavy atom. The molecule has 0 aromatic heterocycles. The largest absolute Gasteiger partial charge is 0.107 e. The summed E-state index contributed by atoms with van der Waals surface area (Å²) in [5, 5.41) is 0.558. The minimum atomic E-state index is 0.237. The average molecular weight is 220 g/mol. The van der Waals surface area contributed by atoms with Crippen molar-refractivity contribution < 1.29 is 0 Å². The lowest BCUT2D eigenvalue weighted by Crippen LogP contribution is -2.14. The van der Waals surface area contributed by atoms with Crippen molar-refractivity contribution in [3.63, 3.8) is 0 Å². The van der Waals surface area contributed by atoms with E-state index < -0.39 is 0 Å². The Labute approximate surface area is 87.4 Å². The standard InChI is InChI=1S/C11H26P2/c1-10(2)12(6)8-9-13(7)11(3,4)5/h10H,8-9H2,1-7H3/t12-,13-/m0/s1. The van der Waals surface area contributed by atoms with Gasteiger partial charge in [0.05, 0.1) is 0 Å². The molecule has 0 bridgehead atoms. The van der Waals surface area contributed by atoms with Crippen LogP contribution in [0.5, 0.6) is 0 Å². The summed E-state index contributed by atoms with van der Waals surface area (Å²) >= 11 is 0. The van der Waals surface area contributed by atoms with E-state index in [4.69, 9.17) is 0 Å². The zero-order chi connectivity index (χ0) is 10.6. The highest BCUT2D eigenvalue weighted by Gasteiger charge is 2.19. The van der Waals surface area contributed by atoms with E-state index in [9.17, 15) is 0 Å². The molecule has 0 rings (SSSR count). The van der Waals surface area contributed by atoms with Crippen LogP contribution in [0.1, 0.15) is 34.6 Å². The Morgan fingerprint density at radius 2 is 1.46 bits per heavy atom. The normalized spacial score (nSPS) is 17.5. The molecule has 0 fully saturated rings. The van der Waals surface area contributed by atoms with Gasteiger partial charge in [-0.3, -0.25) is 0 Å². The second-order valence-corrected chi connectivity index (χ2v) is 11.3. The Hall–Kier alpha value is 0.860. The molecule has 0 spiro atoms. The Bertz CT molecular complexity index is 136. The monoisotopic (exact) mass is 220 g/mol. The maximum atomic E-state index is 2.46. The van der Waals surface area contributed by atoms with E-state index in [0.717, 1.165) is 5.66 Å². The molecule has 0 aliphatic carbocycles. The molecule has 0 unspecified atom stereocenters. The molecule has 13 heavy (non-hydrogen) atoms. The lowest BCUT2D eigenvalue weighted by Gasteiger charge is -2.29. The minimum absolute atomic E-state index is 0.237. The molecular weight excluding hydrogens is 194 g/mol. The minimum Gasteiger partial charge on any atom is -0.107 e. The molecule has 2 atom stereocenters. The number of rotatable bonds is 4. The summed E-state index contributed by atoms with van der Waals surface area (Å²) < 4.78 is 0. The van der Waals surface area contributed by atoms with Crippen LogP contribution in [0.3, 0.4) is 0 Å². The summed E-state index contributed by atoms with van der Waals surface area (Å²) in [6, 6.07) is 0. The van der Waals surface area contributed by atoms with Gasteiger partial charge < -0.3 is 0 Å². The van der Waals surface area contributed by atoms with Gasteiger partial charge in [0.2, 0.25) is 0 Å². The van der Waals surface area contributed by atoms with E-state index in [1.165, 1.54) is 12.3 Å². The van der Waals surface area contributed by atoms with Crippen molar-refractivity contribution in [2.45, 2.75) is 45.4 Å². The highest BCUT2D eigenvalue weighted by molar-refractivity contribution is 7.62. The van der Waals surface area contributed by atoms with Crippen LogP contribution in [0.15, 0.2) is 0 Å². The summed E-state index contributed by atoms with van der Waals surface area (Å²) in [6.45, 7) is 16.8. The topological polar surface area (TPSA) is 0 Å². The fraction of sp³-hybridized carbons (Fsp3) is 1.00. The molecule has 0 heterocycles. The predicted octanol–water partition coefficient (Wildman–Crippen LogP) is 4.42. The maximum Gasteiger partial charge on any atom is -0.0182 e. The van der Waals surface area contributed by atoms with E-state index in [-0.39, 0.29) is 7.92 Å². The Kier molecular flexibility index (Phi) is 6.05. The van der Waals surface area contributed by atoms with Gasteiger partial charge in [0, 0.05) is 0 Å². The van der Waals surface area contributed by atoms with Gasteiger partial charge in [-0.25, -0.2) is 0 Å². The second kappa shape index (κ2) is 5.67. The average Bonchev–Trinajstić information content (AvgIpc) is 1.97. The smallest absolute Gasteiger partial charge is 0.0182 e. The van der Waals surface area contributed by atoms with Crippen molar-refractivity contribution >= 4 is 15.8 Å². The van der Waals surface area contributed by atoms with Gasteiger partial charge in [-0.1, -0.05) is 34.6 Å². The van der Waals surface area contributed by atoms with Crippen LogP contribution in [0.25, 0.3) is 0 Å².